The van der Waals surface area contributed by atoms with Crippen molar-refractivity contribution in [3.8, 4) is 0 Å². The molecule has 0 bridgehead atoms. The van der Waals surface area contributed by atoms with Crippen LogP contribution in [0.2, 0.25) is 0 Å². The molecule has 21 heavy (non-hydrogen) atoms. The highest BCUT2D eigenvalue weighted by Gasteiger charge is 2.10. The van der Waals surface area contributed by atoms with E-state index in [1.165, 1.54) is 11.3 Å². The zero-order valence-electron chi connectivity index (χ0n) is 12.6. The number of pyridine rings is 1. The van der Waals surface area contributed by atoms with Crippen molar-refractivity contribution >= 4 is 21.6 Å². The van der Waals surface area contributed by atoms with Crippen LogP contribution in [-0.2, 0) is 13.1 Å². The highest BCUT2D eigenvalue weighted by Crippen LogP contribution is 2.28. The molecule has 0 aliphatic carbocycles. The summed E-state index contributed by atoms with van der Waals surface area (Å²) < 4.78 is 1.13. The first-order valence-electron chi connectivity index (χ1n) is 7.38. The Morgan fingerprint density at radius 2 is 2.05 bits per heavy atom. The third-order valence-electron chi connectivity index (χ3n) is 3.39. The molecular weight excluding hydrogens is 326 g/mol. The van der Waals surface area contributed by atoms with Gasteiger partial charge < -0.3 is 10.2 Å². The van der Waals surface area contributed by atoms with E-state index in [1.807, 2.05) is 18.3 Å². The second kappa shape index (κ2) is 8.15. The van der Waals surface area contributed by atoms with Crippen molar-refractivity contribution in [2.45, 2.75) is 26.9 Å². The maximum atomic E-state index is 4.41. The summed E-state index contributed by atoms with van der Waals surface area (Å²) >= 11 is 3.70. The normalized spacial score (nSPS) is 10.6. The minimum absolute atomic E-state index is 0.822. The van der Waals surface area contributed by atoms with E-state index in [9.17, 15) is 0 Å². The Labute approximate surface area is 135 Å². The van der Waals surface area contributed by atoms with Crippen LogP contribution in [0.25, 0.3) is 0 Å². The topological polar surface area (TPSA) is 28.2 Å². The Morgan fingerprint density at radius 1 is 1.19 bits per heavy atom. The highest BCUT2D eigenvalue weighted by atomic mass is 79.9. The summed E-state index contributed by atoms with van der Waals surface area (Å²) in [7, 11) is 0. The van der Waals surface area contributed by atoms with E-state index in [0.29, 0.717) is 0 Å². The lowest BCUT2D eigenvalue weighted by Gasteiger charge is -2.24. The van der Waals surface area contributed by atoms with Gasteiger partial charge in [0.25, 0.3) is 0 Å². The van der Waals surface area contributed by atoms with Crippen molar-refractivity contribution in [2.24, 2.45) is 0 Å². The maximum Gasteiger partial charge on any atom is 0.0602 e. The SMILES string of the molecule is CCNCc1ccc(N(CC)Cc2ccccn2)c(Br)c1. The fourth-order valence-corrected chi connectivity index (χ4v) is 2.92. The quantitative estimate of drug-likeness (QED) is 0.820. The molecule has 0 saturated heterocycles. The van der Waals surface area contributed by atoms with Crippen molar-refractivity contribution in [3.05, 3.63) is 58.3 Å². The van der Waals surface area contributed by atoms with Crippen LogP contribution in [0, 0.1) is 0 Å². The number of hydrogen-bond donors (Lipinski definition) is 1. The van der Waals surface area contributed by atoms with Crippen LogP contribution in [0.15, 0.2) is 47.1 Å². The lowest BCUT2D eigenvalue weighted by Crippen LogP contribution is -2.23. The summed E-state index contributed by atoms with van der Waals surface area (Å²) in [6.07, 6.45) is 1.84. The molecule has 0 amide bonds. The van der Waals surface area contributed by atoms with Gasteiger partial charge in [0.15, 0.2) is 0 Å². The molecule has 0 atom stereocenters. The summed E-state index contributed by atoms with van der Waals surface area (Å²) in [6, 6.07) is 12.6. The lowest BCUT2D eigenvalue weighted by atomic mass is 10.2. The summed E-state index contributed by atoms with van der Waals surface area (Å²) in [4.78, 5) is 6.74. The van der Waals surface area contributed by atoms with Crippen LogP contribution in [0.3, 0.4) is 0 Å². The van der Waals surface area contributed by atoms with Gasteiger partial charge in [0.2, 0.25) is 0 Å². The first-order valence-corrected chi connectivity index (χ1v) is 8.17. The number of nitrogens with one attached hydrogen (secondary N) is 1. The molecule has 1 aromatic heterocycles. The fourth-order valence-electron chi connectivity index (χ4n) is 2.24. The molecule has 0 saturated carbocycles. The molecule has 3 nitrogen and oxygen atoms in total. The predicted molar refractivity (Wildman–Crippen MR) is 92.5 cm³/mol. The van der Waals surface area contributed by atoms with E-state index in [4.69, 9.17) is 0 Å². The molecular formula is C17H22BrN3. The fraction of sp³-hybridized carbons (Fsp3) is 0.353. The van der Waals surface area contributed by atoms with Crippen LogP contribution in [0.5, 0.6) is 0 Å². The molecule has 2 rings (SSSR count). The van der Waals surface area contributed by atoms with Gasteiger partial charge >= 0.3 is 0 Å². The number of hydrogen-bond acceptors (Lipinski definition) is 3. The molecule has 0 aliphatic rings. The van der Waals surface area contributed by atoms with Gasteiger partial charge in [-0.2, -0.15) is 0 Å². The molecule has 2 aromatic rings. The molecule has 0 radical (unpaired) electrons. The number of nitrogens with zero attached hydrogens (tertiary/aromatic N) is 2. The Balaban J connectivity index is 2.14. The van der Waals surface area contributed by atoms with Gasteiger partial charge in [0, 0.05) is 23.8 Å². The Kier molecular flexibility index (Phi) is 6.21. The summed E-state index contributed by atoms with van der Waals surface area (Å²) in [6.45, 7) is 7.95. The zero-order chi connectivity index (χ0) is 15.1. The Bertz CT molecular complexity index is 557. The summed E-state index contributed by atoms with van der Waals surface area (Å²) in [5.41, 5.74) is 3.59. The number of halogens is 1. The third-order valence-corrected chi connectivity index (χ3v) is 4.03. The smallest absolute Gasteiger partial charge is 0.0602 e. The second-order valence-electron chi connectivity index (χ2n) is 4.90. The third kappa shape index (κ3) is 4.55. The summed E-state index contributed by atoms with van der Waals surface area (Å²) in [5, 5.41) is 3.35. The van der Waals surface area contributed by atoms with Crippen LogP contribution in [0.4, 0.5) is 5.69 Å². The van der Waals surface area contributed by atoms with Gasteiger partial charge in [-0.05, 0) is 59.2 Å². The van der Waals surface area contributed by atoms with Gasteiger partial charge in [0.1, 0.15) is 0 Å². The number of rotatable bonds is 7. The zero-order valence-corrected chi connectivity index (χ0v) is 14.2. The molecule has 1 aromatic carbocycles. The standard InChI is InChI=1S/C17H22BrN3/c1-3-19-12-14-8-9-17(16(18)11-14)21(4-2)13-15-7-5-6-10-20-15/h5-11,19H,3-4,12-13H2,1-2H3. The molecule has 0 fully saturated rings. The maximum absolute atomic E-state index is 4.41. The minimum atomic E-state index is 0.822. The lowest BCUT2D eigenvalue weighted by molar-refractivity contribution is 0.726. The van der Waals surface area contributed by atoms with Crippen molar-refractivity contribution in [1.29, 1.82) is 0 Å². The Hall–Kier alpha value is -1.39. The van der Waals surface area contributed by atoms with Gasteiger partial charge in [-0.3, -0.25) is 4.98 Å². The molecule has 4 heteroatoms. The minimum Gasteiger partial charge on any atom is -0.365 e. The largest absolute Gasteiger partial charge is 0.365 e. The molecule has 0 unspecified atom stereocenters. The van der Waals surface area contributed by atoms with Gasteiger partial charge in [0.05, 0.1) is 17.9 Å². The van der Waals surface area contributed by atoms with Crippen molar-refractivity contribution in [3.63, 3.8) is 0 Å². The van der Waals surface area contributed by atoms with Gasteiger partial charge in [-0.15, -0.1) is 0 Å². The van der Waals surface area contributed by atoms with E-state index >= 15 is 0 Å². The summed E-state index contributed by atoms with van der Waals surface area (Å²) in [5.74, 6) is 0. The van der Waals surface area contributed by atoms with Crippen LogP contribution < -0.4 is 10.2 Å². The van der Waals surface area contributed by atoms with E-state index in [0.717, 1.165) is 36.3 Å². The predicted octanol–water partition coefficient (Wildman–Crippen LogP) is 3.98. The molecule has 1 heterocycles. The van der Waals surface area contributed by atoms with E-state index in [-0.39, 0.29) is 0 Å². The van der Waals surface area contributed by atoms with Gasteiger partial charge in [-0.1, -0.05) is 19.1 Å². The van der Waals surface area contributed by atoms with E-state index < -0.39 is 0 Å². The monoisotopic (exact) mass is 347 g/mol. The average molecular weight is 348 g/mol. The van der Waals surface area contributed by atoms with Crippen molar-refractivity contribution in [2.75, 3.05) is 18.0 Å². The highest BCUT2D eigenvalue weighted by molar-refractivity contribution is 9.10. The first-order chi connectivity index (χ1) is 10.2. The Morgan fingerprint density at radius 3 is 2.67 bits per heavy atom. The van der Waals surface area contributed by atoms with E-state index in [2.05, 4.69) is 69.2 Å². The second-order valence-corrected chi connectivity index (χ2v) is 5.76. The van der Waals surface area contributed by atoms with Crippen molar-refractivity contribution < 1.29 is 0 Å². The molecule has 0 spiro atoms. The molecule has 0 aliphatic heterocycles. The number of anilines is 1. The van der Waals surface area contributed by atoms with Gasteiger partial charge in [-0.25, -0.2) is 0 Å². The van der Waals surface area contributed by atoms with Crippen LogP contribution >= 0.6 is 15.9 Å². The number of aromatic nitrogens is 1. The molecule has 1 N–H and O–H groups in total. The van der Waals surface area contributed by atoms with Crippen molar-refractivity contribution in [1.82, 2.24) is 10.3 Å². The average Bonchev–Trinajstić information content (AvgIpc) is 2.52. The first kappa shape index (κ1) is 16.0. The van der Waals surface area contributed by atoms with Crippen LogP contribution in [0.1, 0.15) is 25.1 Å². The van der Waals surface area contributed by atoms with Crippen LogP contribution in [-0.4, -0.2) is 18.1 Å². The van der Waals surface area contributed by atoms with E-state index in [1.54, 1.807) is 0 Å². The number of benzene rings is 1. The molecule has 112 valence electrons.